The van der Waals surface area contributed by atoms with Gasteiger partial charge in [0.05, 0.1) is 35.3 Å². The van der Waals surface area contributed by atoms with Crippen molar-refractivity contribution >= 4 is 44.9 Å². The first-order valence-corrected chi connectivity index (χ1v) is 16.3. The van der Waals surface area contributed by atoms with Crippen LogP contribution in [0.15, 0.2) is 46.3 Å². The molecule has 1 N–H and O–H groups in total. The van der Waals surface area contributed by atoms with E-state index in [-0.39, 0.29) is 46.6 Å². The average Bonchev–Trinajstić information content (AvgIpc) is 3.53. The normalized spacial score (nSPS) is 40.5. The third-order valence-corrected chi connectivity index (χ3v) is 13.0. The molecular weight excluding hydrogens is 558 g/mol. The zero-order valence-electron chi connectivity index (χ0n) is 24.1. The maximum atomic E-state index is 14.5. The summed E-state index contributed by atoms with van der Waals surface area (Å²) in [7, 11) is 1.64. The molecule has 4 fully saturated rings. The Bertz CT molecular complexity index is 1510. The fourth-order valence-corrected chi connectivity index (χ4v) is 11.2. The predicted molar refractivity (Wildman–Crippen MR) is 158 cm³/mol. The molecule has 7 nitrogen and oxygen atoms in total. The van der Waals surface area contributed by atoms with Crippen LogP contribution in [-0.4, -0.2) is 58.1 Å². The van der Waals surface area contributed by atoms with Gasteiger partial charge in [0.25, 0.3) is 0 Å². The van der Waals surface area contributed by atoms with Gasteiger partial charge in [0.1, 0.15) is 5.75 Å². The van der Waals surface area contributed by atoms with E-state index in [4.69, 9.17) is 19.2 Å². The molecule has 5 aliphatic rings. The average molecular weight is 596 g/mol. The van der Waals surface area contributed by atoms with Crippen molar-refractivity contribution in [3.8, 4) is 5.75 Å². The molecule has 1 saturated heterocycles. The first-order chi connectivity index (χ1) is 19.4. The molecule has 41 heavy (non-hydrogen) atoms. The number of allylic oxidation sites excluding steroid dienone is 4. The molecule has 1 aliphatic heterocycles. The SMILES string of the molecule is COc1ccc2sc(SCC(=O)[C@@]34OC(C)(C)O[C@@H]3CC3C5CCC6=CC(=O)C=CC6(C)C5C(O)CC34C)nc2c1. The Morgan fingerprint density at radius 2 is 2.07 bits per heavy atom. The van der Waals surface area contributed by atoms with Gasteiger partial charge < -0.3 is 19.3 Å². The lowest BCUT2D eigenvalue weighted by Crippen LogP contribution is -2.63. The Morgan fingerprint density at radius 3 is 2.85 bits per heavy atom. The van der Waals surface area contributed by atoms with E-state index >= 15 is 0 Å². The minimum atomic E-state index is -1.14. The van der Waals surface area contributed by atoms with Crippen molar-refractivity contribution in [3.63, 3.8) is 0 Å². The number of aliphatic hydroxyl groups is 1. The van der Waals surface area contributed by atoms with Gasteiger partial charge >= 0.3 is 0 Å². The van der Waals surface area contributed by atoms with Gasteiger partial charge in [-0.2, -0.15) is 0 Å². The summed E-state index contributed by atoms with van der Waals surface area (Å²) in [4.78, 5) is 31.4. The Balaban J connectivity index is 1.21. The summed E-state index contributed by atoms with van der Waals surface area (Å²) >= 11 is 3.01. The van der Waals surface area contributed by atoms with E-state index < -0.39 is 22.9 Å². The third-order valence-electron chi connectivity index (χ3n) is 10.8. The Labute approximate surface area is 248 Å². The summed E-state index contributed by atoms with van der Waals surface area (Å²) in [5, 5.41) is 11.9. The van der Waals surface area contributed by atoms with Gasteiger partial charge in [-0.3, -0.25) is 9.59 Å². The van der Waals surface area contributed by atoms with Gasteiger partial charge in [-0.05, 0) is 75.7 Å². The fraction of sp³-hybridized carbons (Fsp3) is 0.594. The van der Waals surface area contributed by atoms with E-state index in [0.717, 1.165) is 45.1 Å². The monoisotopic (exact) mass is 595 g/mol. The number of hydrogen-bond donors (Lipinski definition) is 1. The van der Waals surface area contributed by atoms with Crippen molar-refractivity contribution in [2.24, 2.45) is 28.6 Å². The fourth-order valence-electron chi connectivity index (χ4n) is 9.23. The minimum Gasteiger partial charge on any atom is -0.497 e. The van der Waals surface area contributed by atoms with E-state index in [2.05, 4.69) is 13.8 Å². The predicted octanol–water partition coefficient (Wildman–Crippen LogP) is 5.75. The molecule has 1 aromatic heterocycles. The minimum absolute atomic E-state index is 0.0105. The molecular formula is C32H37NO6S2. The zero-order valence-corrected chi connectivity index (χ0v) is 25.8. The number of hydrogen-bond acceptors (Lipinski definition) is 9. The van der Waals surface area contributed by atoms with E-state index in [1.165, 1.54) is 11.8 Å². The largest absolute Gasteiger partial charge is 0.497 e. The quantitative estimate of drug-likeness (QED) is 0.437. The van der Waals surface area contributed by atoms with Crippen LogP contribution >= 0.6 is 23.1 Å². The number of thiazole rings is 1. The Morgan fingerprint density at radius 1 is 1.27 bits per heavy atom. The number of aromatic nitrogens is 1. The topological polar surface area (TPSA) is 95.0 Å². The number of methoxy groups -OCH3 is 1. The number of rotatable bonds is 5. The number of carbonyl (C=O) groups excluding carboxylic acids is 2. The lowest BCUT2D eigenvalue weighted by molar-refractivity contribution is -0.223. The second-order valence-corrected chi connectivity index (χ2v) is 15.6. The van der Waals surface area contributed by atoms with Crippen LogP contribution in [0.1, 0.15) is 53.4 Å². The second-order valence-electron chi connectivity index (χ2n) is 13.3. The molecule has 8 atom stereocenters. The second kappa shape index (κ2) is 9.23. The lowest BCUT2D eigenvalue weighted by atomic mass is 9.46. The smallest absolute Gasteiger partial charge is 0.178 e. The zero-order chi connectivity index (χ0) is 28.9. The van der Waals surface area contributed by atoms with E-state index in [1.54, 1.807) is 30.6 Å². The van der Waals surface area contributed by atoms with Crippen molar-refractivity contribution in [2.45, 2.75) is 81.3 Å². The highest BCUT2D eigenvalue weighted by atomic mass is 32.2. The van der Waals surface area contributed by atoms with Crippen LogP contribution in [0.3, 0.4) is 0 Å². The van der Waals surface area contributed by atoms with Crippen molar-refractivity contribution in [1.29, 1.82) is 0 Å². The highest BCUT2D eigenvalue weighted by Crippen LogP contribution is 2.70. The van der Waals surface area contributed by atoms with Gasteiger partial charge in [-0.25, -0.2) is 4.98 Å². The van der Waals surface area contributed by atoms with Crippen LogP contribution in [0, 0.1) is 28.6 Å². The summed E-state index contributed by atoms with van der Waals surface area (Å²) in [6.07, 6.45) is 7.33. The van der Waals surface area contributed by atoms with E-state index in [1.807, 2.05) is 38.1 Å². The number of nitrogens with zero attached hydrogens (tertiary/aromatic N) is 1. The highest BCUT2D eigenvalue weighted by Gasteiger charge is 2.76. The maximum absolute atomic E-state index is 14.5. The molecule has 0 amide bonds. The first-order valence-electron chi connectivity index (χ1n) is 14.5. The number of ether oxygens (including phenoxy) is 3. The van der Waals surface area contributed by atoms with E-state index in [9.17, 15) is 14.7 Å². The van der Waals surface area contributed by atoms with Crippen LogP contribution in [-0.2, 0) is 19.1 Å². The van der Waals surface area contributed by atoms with Crippen LogP contribution in [0.4, 0.5) is 0 Å². The first kappa shape index (κ1) is 27.8. The number of ketones is 2. The molecule has 0 bridgehead atoms. The molecule has 1 aromatic carbocycles. The van der Waals surface area contributed by atoms with Gasteiger partial charge in [-0.1, -0.05) is 37.3 Å². The van der Waals surface area contributed by atoms with Gasteiger partial charge in [0, 0.05) is 22.8 Å². The number of benzene rings is 1. The molecule has 3 saturated carbocycles. The third kappa shape index (κ3) is 3.92. The maximum Gasteiger partial charge on any atom is 0.178 e. The number of thioether (sulfide) groups is 1. The number of aliphatic hydroxyl groups excluding tert-OH is 1. The number of carbonyl (C=O) groups is 2. The molecule has 218 valence electrons. The standard InChI is InChI=1S/C32H37NO6S2/c1-29(2)38-26-14-21-20-8-6-17-12-18(34)10-11-30(17,3)27(20)23(35)15-31(21,4)32(26,39-29)25(36)16-40-28-33-22-13-19(37-5)7-9-24(22)41-28/h7,9-13,20-21,23,26-27,35H,6,8,14-16H2,1-5H3/t20?,21?,23?,26-,27?,30?,31?,32-/m1/s1. The molecule has 6 unspecified atom stereocenters. The summed E-state index contributed by atoms with van der Waals surface area (Å²) < 4.78 is 20.5. The number of fused-ring (bicyclic) bond motifs is 8. The van der Waals surface area contributed by atoms with Crippen molar-refractivity contribution in [1.82, 2.24) is 4.98 Å². The van der Waals surface area contributed by atoms with Crippen LogP contribution in [0.25, 0.3) is 10.2 Å². The molecule has 2 heterocycles. The Hall–Kier alpha value is -2.04. The van der Waals surface area contributed by atoms with Crippen LogP contribution in [0.5, 0.6) is 5.75 Å². The van der Waals surface area contributed by atoms with Crippen molar-refractivity contribution in [2.75, 3.05) is 12.9 Å². The lowest BCUT2D eigenvalue weighted by Gasteiger charge is -2.60. The van der Waals surface area contributed by atoms with Gasteiger partial charge in [0.2, 0.25) is 0 Å². The Kier molecular flexibility index (Phi) is 6.25. The van der Waals surface area contributed by atoms with Crippen molar-refractivity contribution in [3.05, 3.63) is 42.0 Å². The summed E-state index contributed by atoms with van der Waals surface area (Å²) in [6, 6.07) is 5.82. The molecule has 9 heteroatoms. The molecule has 0 radical (unpaired) electrons. The highest BCUT2D eigenvalue weighted by molar-refractivity contribution is 8.01. The van der Waals surface area contributed by atoms with Crippen LogP contribution < -0.4 is 4.74 Å². The van der Waals surface area contributed by atoms with Gasteiger partial charge in [0.15, 0.2) is 27.3 Å². The summed E-state index contributed by atoms with van der Waals surface area (Å²) in [5.74, 6) is 0.452. The van der Waals surface area contributed by atoms with Gasteiger partial charge in [-0.15, -0.1) is 11.3 Å². The summed E-state index contributed by atoms with van der Waals surface area (Å²) in [5.41, 5.74) is -0.116. The summed E-state index contributed by atoms with van der Waals surface area (Å²) in [6.45, 7) is 8.10. The van der Waals surface area contributed by atoms with Crippen molar-refractivity contribution < 1.29 is 28.9 Å². The molecule has 2 aromatic rings. The molecule has 0 spiro atoms. The van der Waals surface area contributed by atoms with Crippen LogP contribution in [0.2, 0.25) is 0 Å². The molecule has 7 rings (SSSR count). The number of Topliss-reactive ketones (excluding diaryl/α,β-unsaturated/α-hetero) is 1. The molecule has 4 aliphatic carbocycles. The van der Waals surface area contributed by atoms with E-state index in [0.29, 0.717) is 6.42 Å².